The van der Waals surface area contributed by atoms with Crippen LogP contribution in [0.1, 0.15) is 47.1 Å². The fourth-order valence-electron chi connectivity index (χ4n) is 2.62. The topological polar surface area (TPSA) is 46.9 Å². The summed E-state index contributed by atoms with van der Waals surface area (Å²) in [7, 11) is 0. The van der Waals surface area contributed by atoms with E-state index in [0.29, 0.717) is 6.04 Å². The van der Waals surface area contributed by atoms with Crippen LogP contribution in [0.3, 0.4) is 0 Å². The van der Waals surface area contributed by atoms with Gasteiger partial charge in [0.05, 0.1) is 16.6 Å². The lowest BCUT2D eigenvalue weighted by molar-refractivity contribution is 0.102. The summed E-state index contributed by atoms with van der Waals surface area (Å²) in [5.74, 6) is 0.775. The van der Waals surface area contributed by atoms with E-state index in [9.17, 15) is 4.79 Å². The Kier molecular flexibility index (Phi) is 3.38. The number of carbonyl (C=O) groups is 1. The van der Waals surface area contributed by atoms with Gasteiger partial charge in [0.2, 0.25) is 0 Å². The number of rotatable bonds is 3. The van der Waals surface area contributed by atoms with E-state index in [4.69, 9.17) is 0 Å². The third-order valence-electron chi connectivity index (χ3n) is 3.52. The van der Waals surface area contributed by atoms with E-state index in [2.05, 4.69) is 10.4 Å². The number of nitrogens with zero attached hydrogens (tertiary/aromatic N) is 2. The molecule has 0 aromatic carbocycles. The van der Waals surface area contributed by atoms with Gasteiger partial charge in [-0.15, -0.1) is 11.3 Å². The molecule has 0 aliphatic heterocycles. The van der Waals surface area contributed by atoms with Gasteiger partial charge in [-0.3, -0.25) is 4.79 Å². The van der Waals surface area contributed by atoms with E-state index in [1.54, 1.807) is 0 Å². The summed E-state index contributed by atoms with van der Waals surface area (Å²) in [5.41, 5.74) is 0.952. The van der Waals surface area contributed by atoms with Gasteiger partial charge in [-0.05, 0) is 31.2 Å². The van der Waals surface area contributed by atoms with Crippen molar-refractivity contribution >= 4 is 23.1 Å². The molecular weight excluding hydrogens is 258 g/mol. The van der Waals surface area contributed by atoms with Crippen LogP contribution in [0.15, 0.2) is 23.6 Å². The van der Waals surface area contributed by atoms with Crippen LogP contribution >= 0.6 is 11.3 Å². The molecule has 0 unspecified atom stereocenters. The molecule has 0 saturated heterocycles. The Morgan fingerprint density at radius 3 is 2.95 bits per heavy atom. The van der Waals surface area contributed by atoms with Gasteiger partial charge in [0.15, 0.2) is 0 Å². The molecule has 1 saturated carbocycles. The maximum Gasteiger partial charge on any atom is 0.266 e. The second kappa shape index (κ2) is 5.17. The predicted octanol–water partition coefficient (Wildman–Crippen LogP) is 3.62. The first kappa shape index (κ1) is 12.4. The Hall–Kier alpha value is -1.62. The molecule has 2 aromatic rings. The van der Waals surface area contributed by atoms with Crippen LogP contribution in [0.5, 0.6) is 0 Å². The van der Waals surface area contributed by atoms with Gasteiger partial charge in [0.25, 0.3) is 5.91 Å². The largest absolute Gasteiger partial charge is 0.306 e. The number of hydrogen-bond donors (Lipinski definition) is 1. The van der Waals surface area contributed by atoms with E-state index in [-0.39, 0.29) is 5.91 Å². The molecule has 1 amide bonds. The van der Waals surface area contributed by atoms with Crippen LogP contribution in [-0.2, 0) is 0 Å². The zero-order chi connectivity index (χ0) is 13.2. The molecule has 4 nitrogen and oxygen atoms in total. The molecule has 19 heavy (non-hydrogen) atoms. The zero-order valence-corrected chi connectivity index (χ0v) is 11.7. The smallest absolute Gasteiger partial charge is 0.266 e. The van der Waals surface area contributed by atoms with Gasteiger partial charge in [-0.1, -0.05) is 18.9 Å². The first-order valence-electron chi connectivity index (χ1n) is 6.65. The Morgan fingerprint density at radius 1 is 1.47 bits per heavy atom. The third-order valence-corrected chi connectivity index (χ3v) is 4.38. The number of aryl methyl sites for hydroxylation is 1. The van der Waals surface area contributed by atoms with Crippen molar-refractivity contribution in [3.05, 3.63) is 34.2 Å². The van der Waals surface area contributed by atoms with E-state index in [1.165, 1.54) is 24.2 Å². The van der Waals surface area contributed by atoms with Crippen molar-refractivity contribution in [2.45, 2.75) is 38.6 Å². The summed E-state index contributed by atoms with van der Waals surface area (Å²) in [6.07, 6.45) is 4.82. The third kappa shape index (κ3) is 2.56. The molecule has 1 N–H and O–H groups in total. The number of carbonyl (C=O) groups excluding carboxylic acids is 1. The predicted molar refractivity (Wildman–Crippen MR) is 76.7 cm³/mol. The average Bonchev–Trinajstić information content (AvgIpc) is 3.09. The van der Waals surface area contributed by atoms with Crippen molar-refractivity contribution in [3.8, 4) is 0 Å². The van der Waals surface area contributed by atoms with E-state index in [0.717, 1.165) is 29.2 Å². The molecule has 0 radical (unpaired) electrons. The maximum absolute atomic E-state index is 12.1. The molecule has 0 atom stereocenters. The zero-order valence-electron chi connectivity index (χ0n) is 10.9. The number of amides is 1. The Balaban J connectivity index is 1.82. The fourth-order valence-corrected chi connectivity index (χ4v) is 3.24. The Labute approximate surface area is 116 Å². The number of anilines is 1. The summed E-state index contributed by atoms with van der Waals surface area (Å²) >= 11 is 1.45. The molecule has 1 fully saturated rings. The lowest BCUT2D eigenvalue weighted by Gasteiger charge is -2.14. The van der Waals surface area contributed by atoms with Crippen molar-refractivity contribution in [3.63, 3.8) is 0 Å². The van der Waals surface area contributed by atoms with Crippen molar-refractivity contribution in [2.75, 3.05) is 5.32 Å². The monoisotopic (exact) mass is 275 g/mol. The fraction of sp³-hybridized carbons (Fsp3) is 0.429. The highest BCUT2D eigenvalue weighted by atomic mass is 32.1. The number of hydrogen-bond acceptors (Lipinski definition) is 3. The van der Waals surface area contributed by atoms with Gasteiger partial charge in [-0.2, -0.15) is 5.10 Å². The number of nitrogens with one attached hydrogen (secondary N) is 1. The molecule has 2 heterocycles. The van der Waals surface area contributed by atoms with Gasteiger partial charge < -0.3 is 5.32 Å². The number of thiophene rings is 1. The quantitative estimate of drug-likeness (QED) is 0.930. The van der Waals surface area contributed by atoms with Crippen LogP contribution in [0, 0.1) is 6.92 Å². The van der Waals surface area contributed by atoms with Gasteiger partial charge in [0, 0.05) is 6.07 Å². The summed E-state index contributed by atoms with van der Waals surface area (Å²) in [5, 5.41) is 9.43. The molecule has 2 aromatic heterocycles. The van der Waals surface area contributed by atoms with Crippen molar-refractivity contribution < 1.29 is 4.79 Å². The minimum absolute atomic E-state index is 0.0471. The molecule has 100 valence electrons. The second-order valence-corrected chi connectivity index (χ2v) is 5.93. The highest BCUT2D eigenvalue weighted by Gasteiger charge is 2.21. The molecule has 3 rings (SSSR count). The maximum atomic E-state index is 12.1. The van der Waals surface area contributed by atoms with Gasteiger partial charge >= 0.3 is 0 Å². The normalized spacial score (nSPS) is 15.8. The summed E-state index contributed by atoms with van der Waals surface area (Å²) in [6.45, 7) is 1.96. The highest BCUT2D eigenvalue weighted by Crippen LogP contribution is 2.32. The second-order valence-electron chi connectivity index (χ2n) is 4.99. The van der Waals surface area contributed by atoms with Crippen LogP contribution in [0.2, 0.25) is 0 Å². The molecular formula is C14H17N3OS. The lowest BCUT2D eigenvalue weighted by atomic mass is 10.2. The van der Waals surface area contributed by atoms with Gasteiger partial charge in [-0.25, -0.2) is 4.68 Å². The Morgan fingerprint density at radius 2 is 2.26 bits per heavy atom. The lowest BCUT2D eigenvalue weighted by Crippen LogP contribution is -2.16. The summed E-state index contributed by atoms with van der Waals surface area (Å²) in [6, 6.07) is 6.11. The van der Waals surface area contributed by atoms with Crippen molar-refractivity contribution in [2.24, 2.45) is 0 Å². The molecule has 0 spiro atoms. The standard InChI is InChI=1S/C14H17N3OS/c1-10-9-13(15-14(18)12-7-4-8-19-12)17(16-10)11-5-2-3-6-11/h4,7-9,11H,2-3,5-6H2,1H3,(H,15,18). The van der Waals surface area contributed by atoms with Crippen molar-refractivity contribution in [1.29, 1.82) is 0 Å². The minimum atomic E-state index is -0.0471. The first-order chi connectivity index (χ1) is 9.24. The first-order valence-corrected chi connectivity index (χ1v) is 7.53. The molecule has 1 aliphatic carbocycles. The van der Waals surface area contributed by atoms with Crippen LogP contribution in [0.4, 0.5) is 5.82 Å². The summed E-state index contributed by atoms with van der Waals surface area (Å²) in [4.78, 5) is 12.8. The average molecular weight is 275 g/mol. The number of aromatic nitrogens is 2. The highest BCUT2D eigenvalue weighted by molar-refractivity contribution is 7.12. The van der Waals surface area contributed by atoms with Crippen LogP contribution in [0.25, 0.3) is 0 Å². The van der Waals surface area contributed by atoms with Crippen LogP contribution < -0.4 is 5.32 Å². The SMILES string of the molecule is Cc1cc(NC(=O)c2cccs2)n(C2CCCC2)n1. The molecule has 5 heteroatoms. The Bertz CT molecular complexity index is 568. The van der Waals surface area contributed by atoms with E-state index < -0.39 is 0 Å². The van der Waals surface area contributed by atoms with Gasteiger partial charge in [0.1, 0.15) is 5.82 Å². The van der Waals surface area contributed by atoms with Crippen molar-refractivity contribution in [1.82, 2.24) is 9.78 Å². The van der Waals surface area contributed by atoms with E-state index >= 15 is 0 Å². The summed E-state index contributed by atoms with van der Waals surface area (Å²) < 4.78 is 1.99. The van der Waals surface area contributed by atoms with E-state index in [1.807, 2.05) is 35.2 Å². The van der Waals surface area contributed by atoms with Crippen LogP contribution in [-0.4, -0.2) is 15.7 Å². The molecule has 0 bridgehead atoms. The molecule has 1 aliphatic rings. The minimum Gasteiger partial charge on any atom is -0.306 e.